The predicted octanol–water partition coefficient (Wildman–Crippen LogP) is 6.52. The van der Waals surface area contributed by atoms with Crippen LogP contribution in [0.5, 0.6) is 0 Å². The van der Waals surface area contributed by atoms with Crippen LogP contribution in [-0.2, 0) is 9.53 Å². The lowest BCUT2D eigenvalue weighted by atomic mass is 9.88. The molecule has 3 atom stereocenters. The van der Waals surface area contributed by atoms with Crippen LogP contribution in [0, 0.1) is 10.1 Å². The Morgan fingerprint density at radius 3 is 2.47 bits per heavy atom. The smallest absolute Gasteiger partial charge is 0.411 e. The number of non-ortho nitro benzene ring substituents is 1. The van der Waals surface area contributed by atoms with E-state index in [-0.39, 0.29) is 35.8 Å². The van der Waals surface area contributed by atoms with Gasteiger partial charge in [-0.25, -0.2) is 4.79 Å². The lowest BCUT2D eigenvalue weighted by Gasteiger charge is -2.41. The van der Waals surface area contributed by atoms with Gasteiger partial charge in [0.15, 0.2) is 0 Å². The zero-order chi connectivity index (χ0) is 27.6. The lowest BCUT2D eigenvalue weighted by molar-refractivity contribution is -0.384. The molecule has 0 radical (unpaired) electrons. The van der Waals surface area contributed by atoms with Gasteiger partial charge >= 0.3 is 6.09 Å². The van der Waals surface area contributed by atoms with E-state index in [0.29, 0.717) is 25.8 Å². The van der Waals surface area contributed by atoms with Gasteiger partial charge in [0, 0.05) is 42.5 Å². The summed E-state index contributed by atoms with van der Waals surface area (Å²) in [7, 11) is 0. The number of amides is 2. The molecule has 2 aromatic carbocycles. The molecule has 38 heavy (non-hydrogen) atoms. The fourth-order valence-corrected chi connectivity index (χ4v) is 5.16. The van der Waals surface area contributed by atoms with Gasteiger partial charge in [0.1, 0.15) is 5.60 Å². The van der Waals surface area contributed by atoms with Gasteiger partial charge in [-0.15, -0.1) is 0 Å². The van der Waals surface area contributed by atoms with Crippen LogP contribution in [0.25, 0.3) is 0 Å². The number of rotatable bonds is 5. The summed E-state index contributed by atoms with van der Waals surface area (Å²) in [5, 5.41) is 14.6. The topological polar surface area (TPSA) is 105 Å². The number of benzene rings is 2. The number of nitro benzene ring substituents is 1. The summed E-state index contributed by atoms with van der Waals surface area (Å²) in [4.78, 5) is 40.3. The SMILES string of the molecule is CCC(=O)N1c2cc(C3CC=CCN3C(=O)OC(C)(C)C)ccc2[C@H](Nc2ccc([N+](=O)[O-])cc2)CC1C. The summed E-state index contributed by atoms with van der Waals surface area (Å²) in [6.07, 6.45) is 5.40. The Balaban J connectivity index is 1.70. The van der Waals surface area contributed by atoms with Crippen molar-refractivity contribution in [3.8, 4) is 0 Å². The Morgan fingerprint density at radius 2 is 1.84 bits per heavy atom. The summed E-state index contributed by atoms with van der Waals surface area (Å²) in [5.74, 6) is 0.0391. The third-order valence-electron chi connectivity index (χ3n) is 6.91. The first-order valence-corrected chi connectivity index (χ1v) is 13.1. The summed E-state index contributed by atoms with van der Waals surface area (Å²) in [6, 6.07) is 12.1. The van der Waals surface area contributed by atoms with E-state index in [1.807, 2.05) is 63.8 Å². The molecule has 0 saturated heterocycles. The Kier molecular flexibility index (Phi) is 7.76. The standard InChI is InChI=1S/C29H36N4O5/c1-6-27(34)32-19(2)17-24(30-21-11-13-22(14-12-21)33(36)37)23-15-10-20(18-26(23)32)25-9-7-8-16-31(25)28(35)38-29(3,4)5/h7-8,10-15,18-19,24-25,30H,6,9,16-17H2,1-5H3/t19?,24-,25?/m1/s1. The Labute approximate surface area is 223 Å². The number of nitrogens with zero attached hydrogens (tertiary/aromatic N) is 3. The summed E-state index contributed by atoms with van der Waals surface area (Å²) >= 11 is 0. The highest BCUT2D eigenvalue weighted by Gasteiger charge is 2.35. The van der Waals surface area contributed by atoms with E-state index in [9.17, 15) is 19.7 Å². The van der Waals surface area contributed by atoms with Crippen molar-refractivity contribution in [2.24, 2.45) is 0 Å². The molecule has 9 nitrogen and oxygen atoms in total. The summed E-state index contributed by atoms with van der Waals surface area (Å²) in [5.41, 5.74) is 2.94. The molecule has 2 unspecified atom stereocenters. The molecule has 2 aliphatic rings. The molecule has 0 saturated carbocycles. The Bertz CT molecular complexity index is 1230. The second kappa shape index (κ2) is 10.8. The van der Waals surface area contributed by atoms with Crippen molar-refractivity contribution in [2.75, 3.05) is 16.8 Å². The number of anilines is 2. The first-order valence-electron chi connectivity index (χ1n) is 13.1. The van der Waals surface area contributed by atoms with Crippen molar-refractivity contribution in [1.82, 2.24) is 4.90 Å². The number of nitrogens with one attached hydrogen (secondary N) is 1. The number of hydrogen-bond donors (Lipinski definition) is 1. The fourth-order valence-electron chi connectivity index (χ4n) is 5.16. The number of carbonyl (C=O) groups excluding carboxylic acids is 2. The molecule has 0 aliphatic carbocycles. The minimum Gasteiger partial charge on any atom is -0.444 e. The third-order valence-corrected chi connectivity index (χ3v) is 6.91. The normalized spacial score (nSPS) is 21.0. The van der Waals surface area contributed by atoms with Gasteiger partial charge in [-0.2, -0.15) is 0 Å². The molecule has 2 aromatic rings. The van der Waals surface area contributed by atoms with E-state index in [2.05, 4.69) is 11.4 Å². The molecule has 9 heteroatoms. The Hall–Kier alpha value is -3.88. The van der Waals surface area contributed by atoms with E-state index in [0.717, 1.165) is 22.5 Å². The molecular weight excluding hydrogens is 484 g/mol. The highest BCUT2D eigenvalue weighted by Crippen LogP contribution is 2.42. The maximum atomic E-state index is 13.1. The van der Waals surface area contributed by atoms with E-state index in [4.69, 9.17) is 4.74 Å². The predicted molar refractivity (Wildman–Crippen MR) is 147 cm³/mol. The van der Waals surface area contributed by atoms with Crippen molar-refractivity contribution in [3.05, 3.63) is 75.9 Å². The summed E-state index contributed by atoms with van der Waals surface area (Å²) in [6.45, 7) is 9.90. The Morgan fingerprint density at radius 1 is 1.13 bits per heavy atom. The largest absolute Gasteiger partial charge is 0.444 e. The number of ether oxygens (including phenoxy) is 1. The van der Waals surface area contributed by atoms with Crippen molar-refractivity contribution >= 4 is 29.1 Å². The van der Waals surface area contributed by atoms with Gasteiger partial charge in [-0.3, -0.25) is 19.8 Å². The molecule has 2 heterocycles. The summed E-state index contributed by atoms with van der Waals surface area (Å²) < 4.78 is 5.68. The first kappa shape index (κ1) is 27.2. The molecule has 1 N–H and O–H groups in total. The monoisotopic (exact) mass is 520 g/mol. The first-order chi connectivity index (χ1) is 18.0. The van der Waals surface area contributed by atoms with Crippen molar-refractivity contribution in [2.45, 2.75) is 77.6 Å². The quantitative estimate of drug-likeness (QED) is 0.273. The van der Waals surface area contributed by atoms with Crippen LogP contribution in [-0.4, -0.2) is 40.0 Å². The van der Waals surface area contributed by atoms with Crippen LogP contribution in [0.15, 0.2) is 54.6 Å². The number of fused-ring (bicyclic) bond motifs is 1. The third kappa shape index (κ3) is 5.82. The lowest BCUT2D eigenvalue weighted by Crippen LogP contribution is -2.44. The van der Waals surface area contributed by atoms with Crippen LogP contribution < -0.4 is 10.2 Å². The van der Waals surface area contributed by atoms with Gasteiger partial charge in [-0.1, -0.05) is 31.2 Å². The van der Waals surface area contributed by atoms with E-state index in [1.165, 1.54) is 12.1 Å². The van der Waals surface area contributed by atoms with Crippen LogP contribution in [0.3, 0.4) is 0 Å². The van der Waals surface area contributed by atoms with Crippen molar-refractivity contribution in [1.29, 1.82) is 0 Å². The van der Waals surface area contributed by atoms with Gasteiger partial charge in [-0.05, 0) is 69.9 Å². The minimum absolute atomic E-state index is 0.0356. The molecular formula is C29H36N4O5. The van der Waals surface area contributed by atoms with E-state index >= 15 is 0 Å². The molecule has 2 aliphatic heterocycles. The average Bonchev–Trinajstić information content (AvgIpc) is 2.87. The van der Waals surface area contributed by atoms with Crippen LogP contribution in [0.2, 0.25) is 0 Å². The zero-order valence-electron chi connectivity index (χ0n) is 22.6. The second-order valence-corrected chi connectivity index (χ2v) is 10.9. The van der Waals surface area contributed by atoms with Gasteiger partial charge in [0.25, 0.3) is 5.69 Å². The second-order valence-electron chi connectivity index (χ2n) is 10.9. The average molecular weight is 521 g/mol. The number of hydrogen-bond acceptors (Lipinski definition) is 6. The van der Waals surface area contributed by atoms with Gasteiger partial charge < -0.3 is 15.0 Å². The van der Waals surface area contributed by atoms with E-state index < -0.39 is 10.5 Å². The van der Waals surface area contributed by atoms with E-state index in [1.54, 1.807) is 17.0 Å². The molecule has 0 fully saturated rings. The van der Waals surface area contributed by atoms with Gasteiger partial charge in [0.2, 0.25) is 5.91 Å². The number of nitro groups is 1. The number of carbonyl (C=O) groups is 2. The fraction of sp³-hybridized carbons (Fsp3) is 0.448. The molecule has 2 amide bonds. The minimum atomic E-state index is -0.602. The maximum Gasteiger partial charge on any atom is 0.411 e. The van der Waals surface area contributed by atoms with Crippen molar-refractivity contribution < 1.29 is 19.2 Å². The molecule has 202 valence electrons. The highest BCUT2D eigenvalue weighted by molar-refractivity contribution is 5.95. The molecule has 0 aromatic heterocycles. The highest BCUT2D eigenvalue weighted by atomic mass is 16.6. The van der Waals surface area contributed by atoms with Crippen LogP contribution >= 0.6 is 0 Å². The van der Waals surface area contributed by atoms with Crippen LogP contribution in [0.4, 0.5) is 21.9 Å². The zero-order valence-corrected chi connectivity index (χ0v) is 22.6. The van der Waals surface area contributed by atoms with Crippen LogP contribution in [0.1, 0.15) is 77.1 Å². The molecule has 0 bridgehead atoms. The van der Waals surface area contributed by atoms with Crippen molar-refractivity contribution in [3.63, 3.8) is 0 Å². The molecule has 0 spiro atoms. The maximum absolute atomic E-state index is 13.1. The van der Waals surface area contributed by atoms with Gasteiger partial charge in [0.05, 0.1) is 17.0 Å². The molecule has 4 rings (SSSR count).